The molecule has 2 heterocycles. The normalized spacial score (nSPS) is 10.7. The van der Waals surface area contributed by atoms with E-state index in [-0.39, 0.29) is 0 Å². The number of halogens is 2. The first-order chi connectivity index (χ1) is 13.2. The topological polar surface area (TPSA) is 46.5 Å². The highest BCUT2D eigenvalue weighted by Gasteiger charge is 2.03. The second-order valence-electron chi connectivity index (χ2n) is 6.06. The molecule has 0 aliphatic heterocycles. The van der Waals surface area contributed by atoms with Crippen LogP contribution in [-0.4, -0.2) is 20.0 Å². The monoisotopic (exact) mass is 482 g/mol. The van der Waals surface area contributed by atoms with Crippen LogP contribution < -0.4 is 0 Å². The van der Waals surface area contributed by atoms with Gasteiger partial charge in [0.05, 0.1) is 23.8 Å². The zero-order valence-corrected chi connectivity index (χ0v) is 17.5. The molecule has 134 valence electrons. The number of nitrogens with zero attached hydrogens (tertiary/aromatic N) is 3. The third-order valence-electron chi connectivity index (χ3n) is 4.16. The van der Waals surface area contributed by atoms with Crippen LogP contribution >= 0.6 is 31.9 Å². The van der Waals surface area contributed by atoms with Crippen LogP contribution in [0.1, 0.15) is 5.56 Å². The van der Waals surface area contributed by atoms with Gasteiger partial charge in [0.25, 0.3) is 0 Å². The van der Waals surface area contributed by atoms with Crippen LogP contribution in [0.15, 0.2) is 88.1 Å². The summed E-state index contributed by atoms with van der Waals surface area (Å²) in [6.45, 7) is 0.808. The van der Waals surface area contributed by atoms with Crippen molar-refractivity contribution < 1.29 is 0 Å². The summed E-state index contributed by atoms with van der Waals surface area (Å²) in [7, 11) is 0. The highest BCUT2D eigenvalue weighted by molar-refractivity contribution is 9.11. The molecule has 5 aromatic rings. The van der Waals surface area contributed by atoms with Gasteiger partial charge in [0, 0.05) is 25.9 Å². The van der Waals surface area contributed by atoms with Crippen molar-refractivity contribution in [3.05, 3.63) is 93.6 Å². The fraction of sp³-hybridized carbons (Fsp3) is 0.0476. The van der Waals surface area contributed by atoms with Gasteiger partial charge in [0.2, 0.25) is 0 Å². The number of rotatable bonds is 2. The minimum Gasteiger partial charge on any atom is -0.278 e. The molecule has 0 bridgehead atoms. The fourth-order valence-electron chi connectivity index (χ4n) is 2.84. The lowest BCUT2D eigenvalue weighted by molar-refractivity contribution is 0.696. The highest BCUT2D eigenvalue weighted by atomic mass is 79.9. The van der Waals surface area contributed by atoms with E-state index in [0.717, 1.165) is 37.3 Å². The van der Waals surface area contributed by atoms with Crippen LogP contribution in [0.3, 0.4) is 0 Å². The quantitative estimate of drug-likeness (QED) is 0.326. The van der Waals surface area contributed by atoms with E-state index in [9.17, 15) is 0 Å². The zero-order chi connectivity index (χ0) is 18.6. The van der Waals surface area contributed by atoms with Gasteiger partial charge in [-0.3, -0.25) is 9.78 Å². The highest BCUT2D eigenvalue weighted by Crippen LogP contribution is 2.23. The molecular weight excluding hydrogens is 468 g/mol. The average Bonchev–Trinajstić information content (AvgIpc) is 3.31. The average molecular weight is 484 g/mol. The number of aromatic amines is 1. The summed E-state index contributed by atoms with van der Waals surface area (Å²) in [6, 6.07) is 22.4. The van der Waals surface area contributed by atoms with E-state index < -0.39 is 0 Å². The number of aromatic nitrogens is 4. The number of fused-ring (bicyclic) bond motifs is 2. The minimum atomic E-state index is 0.808. The van der Waals surface area contributed by atoms with E-state index in [1.807, 2.05) is 47.1 Å². The molecule has 0 spiro atoms. The van der Waals surface area contributed by atoms with Crippen LogP contribution in [0.4, 0.5) is 0 Å². The minimum absolute atomic E-state index is 0.808. The number of nitrogens with one attached hydrogen (secondary N) is 1. The number of benzene rings is 3. The molecule has 0 radical (unpaired) electrons. The van der Waals surface area contributed by atoms with Gasteiger partial charge in [-0.25, -0.2) is 0 Å². The van der Waals surface area contributed by atoms with Gasteiger partial charge in [-0.05, 0) is 29.8 Å². The molecule has 3 aromatic carbocycles. The van der Waals surface area contributed by atoms with Crippen molar-refractivity contribution in [1.29, 1.82) is 0 Å². The lowest BCUT2D eigenvalue weighted by Crippen LogP contribution is -1.99. The summed E-state index contributed by atoms with van der Waals surface area (Å²) in [6.07, 6.45) is 3.88. The summed E-state index contributed by atoms with van der Waals surface area (Å²) in [4.78, 5) is 0. The molecule has 4 nitrogen and oxygen atoms in total. The number of hydrogen-bond donors (Lipinski definition) is 1. The molecule has 0 aliphatic rings. The Hall–Kier alpha value is -2.44. The predicted octanol–water partition coefficient (Wildman–Crippen LogP) is 6.17. The first-order valence-corrected chi connectivity index (χ1v) is 10.0. The summed E-state index contributed by atoms with van der Waals surface area (Å²) in [5, 5.41) is 13.6. The SMILES string of the molecule is Brc1cccc2[nH]ncc12.Brc1cccc2nn(Cc3ccccc3)cc12. The first kappa shape index (κ1) is 17.9. The Balaban J connectivity index is 0.000000153. The molecule has 27 heavy (non-hydrogen) atoms. The Morgan fingerprint density at radius 2 is 1.56 bits per heavy atom. The Labute approximate surface area is 173 Å². The Kier molecular flexibility index (Phi) is 5.36. The molecule has 0 amide bonds. The molecule has 5 rings (SSSR count). The summed E-state index contributed by atoms with van der Waals surface area (Å²) in [5.41, 5.74) is 3.35. The Bertz CT molecular complexity index is 1180. The van der Waals surface area contributed by atoms with Gasteiger partial charge in [-0.2, -0.15) is 10.2 Å². The molecular formula is C21H16Br2N4. The molecule has 1 N–H and O–H groups in total. The van der Waals surface area contributed by atoms with Gasteiger partial charge < -0.3 is 0 Å². The maximum Gasteiger partial charge on any atom is 0.0934 e. The molecule has 0 aliphatic carbocycles. The molecule has 2 aromatic heterocycles. The number of hydrogen-bond acceptors (Lipinski definition) is 2. The predicted molar refractivity (Wildman–Crippen MR) is 117 cm³/mol. The van der Waals surface area contributed by atoms with Crippen molar-refractivity contribution in [2.75, 3.05) is 0 Å². The maximum absolute atomic E-state index is 4.56. The third-order valence-corrected chi connectivity index (χ3v) is 5.55. The van der Waals surface area contributed by atoms with Crippen molar-refractivity contribution in [3.8, 4) is 0 Å². The van der Waals surface area contributed by atoms with Crippen molar-refractivity contribution in [1.82, 2.24) is 20.0 Å². The van der Waals surface area contributed by atoms with Crippen LogP contribution in [0.5, 0.6) is 0 Å². The molecule has 0 saturated heterocycles. The Morgan fingerprint density at radius 1 is 0.815 bits per heavy atom. The van der Waals surface area contributed by atoms with Crippen molar-refractivity contribution in [2.45, 2.75) is 6.54 Å². The van der Waals surface area contributed by atoms with Crippen LogP contribution in [-0.2, 0) is 6.54 Å². The Morgan fingerprint density at radius 3 is 2.30 bits per heavy atom. The molecule has 6 heteroatoms. The zero-order valence-electron chi connectivity index (χ0n) is 14.3. The maximum atomic E-state index is 4.56. The van der Waals surface area contributed by atoms with E-state index >= 15 is 0 Å². The number of H-pyrrole nitrogens is 1. The van der Waals surface area contributed by atoms with Gasteiger partial charge in [-0.15, -0.1) is 0 Å². The molecule has 0 fully saturated rings. The molecule has 0 unspecified atom stereocenters. The lowest BCUT2D eigenvalue weighted by atomic mass is 10.2. The van der Waals surface area contributed by atoms with E-state index in [4.69, 9.17) is 0 Å². The van der Waals surface area contributed by atoms with Crippen molar-refractivity contribution >= 4 is 53.7 Å². The second-order valence-corrected chi connectivity index (χ2v) is 7.76. The van der Waals surface area contributed by atoms with E-state index in [0.29, 0.717) is 0 Å². The largest absolute Gasteiger partial charge is 0.278 e. The summed E-state index contributed by atoms with van der Waals surface area (Å²) in [5.74, 6) is 0. The molecule has 0 atom stereocenters. The van der Waals surface area contributed by atoms with E-state index in [2.05, 4.69) is 77.6 Å². The van der Waals surface area contributed by atoms with Crippen molar-refractivity contribution in [3.63, 3.8) is 0 Å². The van der Waals surface area contributed by atoms with E-state index in [1.165, 1.54) is 5.56 Å². The second kappa shape index (κ2) is 8.06. The fourth-order valence-corrected chi connectivity index (χ4v) is 3.77. The standard InChI is InChI=1S/C14H11BrN2.C7H5BrN2/c15-13-7-4-8-14-12(13)10-17(16-14)9-11-5-2-1-3-6-11;8-6-2-1-3-7-5(6)4-9-10-7/h1-8,10H,9H2;1-4H,(H,9,10). The molecule has 0 saturated carbocycles. The van der Waals surface area contributed by atoms with E-state index in [1.54, 1.807) is 6.20 Å². The smallest absolute Gasteiger partial charge is 0.0934 e. The van der Waals surface area contributed by atoms with Crippen LogP contribution in [0.2, 0.25) is 0 Å². The summed E-state index contributed by atoms with van der Waals surface area (Å²) >= 11 is 6.96. The van der Waals surface area contributed by atoms with Gasteiger partial charge in [0.15, 0.2) is 0 Å². The van der Waals surface area contributed by atoms with Gasteiger partial charge in [-0.1, -0.05) is 74.3 Å². The van der Waals surface area contributed by atoms with Crippen LogP contribution in [0.25, 0.3) is 21.8 Å². The van der Waals surface area contributed by atoms with Crippen molar-refractivity contribution in [2.24, 2.45) is 0 Å². The summed E-state index contributed by atoms with van der Waals surface area (Å²) < 4.78 is 4.15. The van der Waals surface area contributed by atoms with Crippen LogP contribution in [0, 0.1) is 0 Å². The van der Waals surface area contributed by atoms with Gasteiger partial charge in [0.1, 0.15) is 0 Å². The lowest BCUT2D eigenvalue weighted by Gasteiger charge is -2.00. The van der Waals surface area contributed by atoms with Gasteiger partial charge >= 0.3 is 0 Å². The first-order valence-electron chi connectivity index (χ1n) is 8.44. The third kappa shape index (κ3) is 4.12.